The second-order valence-electron chi connectivity index (χ2n) is 3.87. The number of aromatic amines is 1. The summed E-state index contributed by atoms with van der Waals surface area (Å²) in [6, 6.07) is 14.6. The first kappa shape index (κ1) is 12.3. The lowest BCUT2D eigenvalue weighted by atomic mass is 10.2. The van der Waals surface area contributed by atoms with Gasteiger partial charge in [0.05, 0.1) is 5.52 Å². The Morgan fingerprint density at radius 3 is 2.50 bits per heavy atom. The SMILES string of the molecule is Brc1ccc(Sc2c[nH]c3c(Br)cccc23)cc1. The standard InChI is InChI=1S/C14H9Br2NS/c15-9-4-6-10(7-5-9)18-13-8-17-14-11(13)2-1-3-12(14)16/h1-8,17H. The van der Waals surface area contributed by atoms with Gasteiger partial charge in [0.25, 0.3) is 0 Å². The molecule has 3 aromatic rings. The van der Waals surface area contributed by atoms with E-state index in [0.29, 0.717) is 0 Å². The number of halogens is 2. The molecule has 0 aliphatic carbocycles. The smallest absolute Gasteiger partial charge is 0.0610 e. The molecule has 0 spiro atoms. The van der Waals surface area contributed by atoms with Crippen molar-refractivity contribution in [3.8, 4) is 0 Å². The highest BCUT2D eigenvalue weighted by Crippen LogP contribution is 2.36. The van der Waals surface area contributed by atoms with Crippen molar-refractivity contribution in [2.24, 2.45) is 0 Å². The average molecular weight is 383 g/mol. The van der Waals surface area contributed by atoms with Crippen LogP contribution in [-0.4, -0.2) is 4.98 Å². The second-order valence-corrected chi connectivity index (χ2v) is 6.76. The molecule has 90 valence electrons. The van der Waals surface area contributed by atoms with Crippen molar-refractivity contribution >= 4 is 54.5 Å². The molecule has 1 aromatic heterocycles. The third kappa shape index (κ3) is 2.37. The van der Waals surface area contributed by atoms with Gasteiger partial charge in [-0.2, -0.15) is 0 Å². The minimum Gasteiger partial charge on any atom is -0.359 e. The van der Waals surface area contributed by atoms with Crippen molar-refractivity contribution in [1.82, 2.24) is 4.98 Å². The molecule has 0 bridgehead atoms. The maximum atomic E-state index is 3.56. The molecule has 4 heteroatoms. The van der Waals surface area contributed by atoms with Crippen LogP contribution in [0.2, 0.25) is 0 Å². The van der Waals surface area contributed by atoms with E-state index in [0.717, 1.165) is 14.5 Å². The van der Waals surface area contributed by atoms with Crippen LogP contribution in [0.3, 0.4) is 0 Å². The van der Waals surface area contributed by atoms with Crippen LogP contribution in [0.15, 0.2) is 67.4 Å². The van der Waals surface area contributed by atoms with Gasteiger partial charge in [-0.05, 0) is 46.3 Å². The normalized spacial score (nSPS) is 11.0. The quantitative estimate of drug-likeness (QED) is 0.588. The molecule has 1 N–H and O–H groups in total. The van der Waals surface area contributed by atoms with Crippen LogP contribution in [0.25, 0.3) is 10.9 Å². The lowest BCUT2D eigenvalue weighted by molar-refractivity contribution is 1.39. The fourth-order valence-electron chi connectivity index (χ4n) is 1.81. The molecular weight excluding hydrogens is 374 g/mol. The number of hydrogen-bond donors (Lipinski definition) is 1. The molecule has 0 aliphatic rings. The van der Waals surface area contributed by atoms with Gasteiger partial charge in [-0.3, -0.25) is 0 Å². The molecule has 18 heavy (non-hydrogen) atoms. The van der Waals surface area contributed by atoms with E-state index in [1.807, 2.05) is 6.07 Å². The first-order valence-corrected chi connectivity index (χ1v) is 7.83. The summed E-state index contributed by atoms with van der Waals surface area (Å²) in [5.41, 5.74) is 1.15. The molecule has 0 unspecified atom stereocenters. The Kier molecular flexibility index (Phi) is 3.50. The van der Waals surface area contributed by atoms with E-state index in [1.165, 1.54) is 15.2 Å². The second kappa shape index (κ2) is 5.11. The molecule has 0 atom stereocenters. The summed E-state index contributed by atoms with van der Waals surface area (Å²) in [6.07, 6.45) is 2.06. The third-order valence-electron chi connectivity index (χ3n) is 2.67. The Labute approximate surface area is 126 Å². The Bertz CT molecular complexity index is 689. The molecular formula is C14H9Br2NS. The Morgan fingerprint density at radius 2 is 1.72 bits per heavy atom. The third-order valence-corrected chi connectivity index (χ3v) is 4.92. The fourth-order valence-corrected chi connectivity index (χ4v) is 3.47. The van der Waals surface area contributed by atoms with Crippen molar-refractivity contribution in [2.45, 2.75) is 9.79 Å². The van der Waals surface area contributed by atoms with E-state index in [9.17, 15) is 0 Å². The van der Waals surface area contributed by atoms with Gasteiger partial charge in [0.1, 0.15) is 0 Å². The van der Waals surface area contributed by atoms with Gasteiger partial charge in [0, 0.05) is 30.3 Å². The van der Waals surface area contributed by atoms with Gasteiger partial charge >= 0.3 is 0 Å². The number of hydrogen-bond acceptors (Lipinski definition) is 1. The summed E-state index contributed by atoms with van der Waals surface area (Å²) >= 11 is 8.78. The number of H-pyrrole nitrogens is 1. The van der Waals surface area contributed by atoms with Crippen LogP contribution in [-0.2, 0) is 0 Å². The summed E-state index contributed by atoms with van der Waals surface area (Å²) in [6.45, 7) is 0. The Balaban J connectivity index is 2.00. The van der Waals surface area contributed by atoms with Crippen LogP contribution in [0.5, 0.6) is 0 Å². The van der Waals surface area contributed by atoms with Gasteiger partial charge in [-0.1, -0.05) is 39.8 Å². The molecule has 0 saturated carbocycles. The highest BCUT2D eigenvalue weighted by Gasteiger charge is 2.07. The van der Waals surface area contributed by atoms with E-state index >= 15 is 0 Å². The molecule has 2 aromatic carbocycles. The monoisotopic (exact) mass is 381 g/mol. The summed E-state index contributed by atoms with van der Waals surface area (Å²) < 4.78 is 2.20. The van der Waals surface area contributed by atoms with E-state index in [2.05, 4.69) is 79.4 Å². The number of rotatable bonds is 2. The maximum Gasteiger partial charge on any atom is 0.0610 e. The van der Waals surface area contributed by atoms with Crippen LogP contribution < -0.4 is 0 Å². The first-order valence-electron chi connectivity index (χ1n) is 5.43. The van der Waals surface area contributed by atoms with Crippen molar-refractivity contribution in [1.29, 1.82) is 0 Å². The van der Waals surface area contributed by atoms with Crippen molar-refractivity contribution in [2.75, 3.05) is 0 Å². The van der Waals surface area contributed by atoms with E-state index < -0.39 is 0 Å². The van der Waals surface area contributed by atoms with Crippen LogP contribution in [0.1, 0.15) is 0 Å². The molecule has 0 fully saturated rings. The topological polar surface area (TPSA) is 15.8 Å². The van der Waals surface area contributed by atoms with Crippen LogP contribution in [0, 0.1) is 0 Å². The van der Waals surface area contributed by atoms with Gasteiger partial charge < -0.3 is 4.98 Å². The Hall–Kier alpha value is -0.710. The van der Waals surface area contributed by atoms with Gasteiger partial charge in [-0.25, -0.2) is 0 Å². The lowest BCUT2D eigenvalue weighted by Gasteiger charge is -2.00. The predicted octanol–water partition coefficient (Wildman–Crippen LogP) is 5.84. The predicted molar refractivity (Wildman–Crippen MR) is 84.3 cm³/mol. The number of aromatic nitrogens is 1. The molecule has 3 rings (SSSR count). The Morgan fingerprint density at radius 1 is 0.944 bits per heavy atom. The molecule has 0 saturated heterocycles. The minimum atomic E-state index is 1.10. The summed E-state index contributed by atoms with van der Waals surface area (Å²) in [7, 11) is 0. The van der Waals surface area contributed by atoms with Crippen molar-refractivity contribution < 1.29 is 0 Å². The summed E-state index contributed by atoms with van der Waals surface area (Å²) in [5, 5.41) is 1.25. The fraction of sp³-hybridized carbons (Fsp3) is 0. The molecule has 1 heterocycles. The van der Waals surface area contributed by atoms with Crippen molar-refractivity contribution in [3.05, 3.63) is 57.6 Å². The average Bonchev–Trinajstić information content (AvgIpc) is 2.77. The van der Waals surface area contributed by atoms with Crippen LogP contribution >= 0.6 is 43.6 Å². The summed E-state index contributed by atoms with van der Waals surface area (Å²) in [5.74, 6) is 0. The van der Waals surface area contributed by atoms with E-state index in [4.69, 9.17) is 0 Å². The molecule has 0 amide bonds. The zero-order valence-electron chi connectivity index (χ0n) is 9.28. The van der Waals surface area contributed by atoms with Gasteiger partial charge in [0.2, 0.25) is 0 Å². The maximum absolute atomic E-state index is 3.56. The largest absolute Gasteiger partial charge is 0.359 e. The van der Waals surface area contributed by atoms with E-state index in [-0.39, 0.29) is 0 Å². The van der Waals surface area contributed by atoms with Crippen LogP contribution in [0.4, 0.5) is 0 Å². The number of nitrogens with one attached hydrogen (secondary N) is 1. The molecule has 0 radical (unpaired) electrons. The van der Waals surface area contributed by atoms with Gasteiger partial charge in [0.15, 0.2) is 0 Å². The summed E-state index contributed by atoms with van der Waals surface area (Å²) in [4.78, 5) is 5.79. The number of benzene rings is 2. The highest BCUT2D eigenvalue weighted by molar-refractivity contribution is 9.11. The molecule has 1 nitrogen and oxygen atoms in total. The number of fused-ring (bicyclic) bond motifs is 1. The first-order chi connectivity index (χ1) is 8.74. The van der Waals surface area contributed by atoms with E-state index in [1.54, 1.807) is 11.8 Å². The van der Waals surface area contributed by atoms with Gasteiger partial charge in [-0.15, -0.1) is 0 Å². The highest BCUT2D eigenvalue weighted by atomic mass is 79.9. The zero-order valence-corrected chi connectivity index (χ0v) is 13.3. The minimum absolute atomic E-state index is 1.10. The zero-order chi connectivity index (χ0) is 12.5. The number of para-hydroxylation sites is 1. The molecule has 0 aliphatic heterocycles. The van der Waals surface area contributed by atoms with Crippen molar-refractivity contribution in [3.63, 3.8) is 0 Å². The lowest BCUT2D eigenvalue weighted by Crippen LogP contribution is -1.72.